The van der Waals surface area contributed by atoms with Gasteiger partial charge in [0.2, 0.25) is 0 Å². The zero-order valence-electron chi connectivity index (χ0n) is 8.79. The minimum Gasteiger partial charge on any atom is -0.469 e. The van der Waals surface area contributed by atoms with Crippen molar-refractivity contribution in [2.45, 2.75) is 13.0 Å². The number of nitriles is 1. The molecule has 0 radical (unpaired) electrons. The zero-order chi connectivity index (χ0) is 12.1. The summed E-state index contributed by atoms with van der Waals surface area (Å²) in [5.74, 6) is -0.365. The van der Waals surface area contributed by atoms with Crippen molar-refractivity contribution in [2.75, 3.05) is 7.11 Å². The summed E-state index contributed by atoms with van der Waals surface area (Å²) in [6, 6.07) is 5.14. The molecule has 0 aliphatic heterocycles. The standard InChI is InChI=1S/C11H11ClN2O2/c1-16-11(15)4-7-3-10(12)9(6-14)2-8(7)5-13/h2-3H,4-5,13H2,1H3. The van der Waals surface area contributed by atoms with Gasteiger partial charge >= 0.3 is 5.97 Å². The van der Waals surface area contributed by atoms with Crippen LogP contribution in [-0.2, 0) is 22.5 Å². The fraction of sp³-hybridized carbons (Fsp3) is 0.273. The van der Waals surface area contributed by atoms with Crippen LogP contribution in [0.4, 0.5) is 0 Å². The quantitative estimate of drug-likeness (QED) is 0.808. The second-order valence-corrected chi connectivity index (χ2v) is 3.58. The van der Waals surface area contributed by atoms with Crippen molar-refractivity contribution in [3.8, 4) is 6.07 Å². The number of carbonyl (C=O) groups excluding carboxylic acids is 1. The fourth-order valence-electron chi connectivity index (χ4n) is 1.33. The molecule has 0 saturated heterocycles. The van der Waals surface area contributed by atoms with E-state index in [1.54, 1.807) is 12.1 Å². The van der Waals surface area contributed by atoms with Crippen LogP contribution in [0.15, 0.2) is 12.1 Å². The van der Waals surface area contributed by atoms with Crippen LogP contribution >= 0.6 is 11.6 Å². The molecule has 0 amide bonds. The van der Waals surface area contributed by atoms with Gasteiger partial charge in [-0.3, -0.25) is 4.79 Å². The number of esters is 1. The van der Waals surface area contributed by atoms with E-state index in [1.807, 2.05) is 6.07 Å². The van der Waals surface area contributed by atoms with Gasteiger partial charge in [-0.25, -0.2) is 0 Å². The smallest absolute Gasteiger partial charge is 0.309 e. The number of hydrogen-bond acceptors (Lipinski definition) is 4. The topological polar surface area (TPSA) is 76.1 Å². The highest BCUT2D eigenvalue weighted by molar-refractivity contribution is 6.31. The Morgan fingerprint density at radius 2 is 2.25 bits per heavy atom. The van der Waals surface area contributed by atoms with Crippen LogP contribution in [0.5, 0.6) is 0 Å². The molecule has 0 spiro atoms. The molecule has 1 aromatic rings. The first-order valence-electron chi connectivity index (χ1n) is 4.60. The summed E-state index contributed by atoms with van der Waals surface area (Å²) in [7, 11) is 1.32. The van der Waals surface area contributed by atoms with E-state index in [2.05, 4.69) is 4.74 Å². The highest BCUT2D eigenvalue weighted by Gasteiger charge is 2.11. The largest absolute Gasteiger partial charge is 0.469 e. The molecule has 0 aromatic heterocycles. The molecule has 16 heavy (non-hydrogen) atoms. The number of methoxy groups -OCH3 is 1. The molecule has 84 valence electrons. The molecule has 0 saturated carbocycles. The van der Waals surface area contributed by atoms with Gasteiger partial charge in [0.05, 0.1) is 24.1 Å². The predicted octanol–water partition coefficient (Wildman–Crippen LogP) is 1.39. The number of rotatable bonds is 3. The van der Waals surface area contributed by atoms with Gasteiger partial charge in [0, 0.05) is 6.54 Å². The summed E-state index contributed by atoms with van der Waals surface area (Å²) < 4.78 is 4.56. The molecule has 0 aliphatic carbocycles. The maximum absolute atomic E-state index is 11.1. The molecule has 0 bridgehead atoms. The van der Waals surface area contributed by atoms with Crippen molar-refractivity contribution in [1.82, 2.24) is 0 Å². The van der Waals surface area contributed by atoms with E-state index >= 15 is 0 Å². The number of ether oxygens (including phenoxy) is 1. The van der Waals surface area contributed by atoms with Crippen molar-refractivity contribution in [3.63, 3.8) is 0 Å². The van der Waals surface area contributed by atoms with E-state index in [0.29, 0.717) is 16.1 Å². The molecule has 0 aliphatic rings. The molecule has 2 N–H and O–H groups in total. The Bertz CT molecular complexity index is 452. The first-order chi connectivity index (χ1) is 7.62. The third-order valence-electron chi connectivity index (χ3n) is 2.19. The average molecular weight is 239 g/mol. The number of nitrogens with zero attached hydrogens (tertiary/aromatic N) is 1. The lowest BCUT2D eigenvalue weighted by atomic mass is 10.0. The van der Waals surface area contributed by atoms with Gasteiger partial charge in [0.15, 0.2) is 0 Å². The number of nitrogens with two attached hydrogens (primary N) is 1. The molecular formula is C11H11ClN2O2. The summed E-state index contributed by atoms with van der Waals surface area (Å²) in [5, 5.41) is 9.11. The predicted molar refractivity (Wildman–Crippen MR) is 59.8 cm³/mol. The second-order valence-electron chi connectivity index (χ2n) is 3.17. The SMILES string of the molecule is COC(=O)Cc1cc(Cl)c(C#N)cc1CN. The first-order valence-corrected chi connectivity index (χ1v) is 4.98. The number of hydrogen-bond donors (Lipinski definition) is 1. The van der Waals surface area contributed by atoms with Crippen LogP contribution in [0.25, 0.3) is 0 Å². The Kier molecular flexibility index (Phi) is 4.29. The first kappa shape index (κ1) is 12.5. The molecule has 0 fully saturated rings. The molecule has 1 aromatic carbocycles. The van der Waals surface area contributed by atoms with Crippen molar-refractivity contribution in [2.24, 2.45) is 5.73 Å². The van der Waals surface area contributed by atoms with Crippen molar-refractivity contribution >= 4 is 17.6 Å². The molecule has 0 atom stereocenters. The summed E-state index contributed by atoms with van der Waals surface area (Å²) in [6.45, 7) is 0.248. The van der Waals surface area contributed by atoms with Crippen LogP contribution in [0.2, 0.25) is 5.02 Å². The van der Waals surface area contributed by atoms with E-state index in [1.165, 1.54) is 7.11 Å². The average Bonchev–Trinajstić information content (AvgIpc) is 2.29. The maximum Gasteiger partial charge on any atom is 0.309 e. The van der Waals surface area contributed by atoms with Crippen LogP contribution < -0.4 is 5.73 Å². The Balaban J connectivity index is 3.14. The monoisotopic (exact) mass is 238 g/mol. The lowest BCUT2D eigenvalue weighted by molar-refractivity contribution is -0.139. The van der Waals surface area contributed by atoms with E-state index in [-0.39, 0.29) is 18.9 Å². The van der Waals surface area contributed by atoms with Crippen molar-refractivity contribution in [3.05, 3.63) is 33.8 Å². The number of carbonyl (C=O) groups is 1. The maximum atomic E-state index is 11.1. The van der Waals surface area contributed by atoms with Gasteiger partial charge < -0.3 is 10.5 Å². The van der Waals surface area contributed by atoms with Crippen LogP contribution in [0, 0.1) is 11.3 Å². The molecule has 5 heteroatoms. The number of benzene rings is 1. The van der Waals surface area contributed by atoms with Crippen molar-refractivity contribution in [1.29, 1.82) is 5.26 Å². The molecule has 0 heterocycles. The third kappa shape index (κ3) is 2.72. The lowest BCUT2D eigenvalue weighted by Gasteiger charge is -2.08. The van der Waals surface area contributed by atoms with Gasteiger partial charge in [-0.05, 0) is 23.3 Å². The van der Waals surface area contributed by atoms with E-state index < -0.39 is 0 Å². The third-order valence-corrected chi connectivity index (χ3v) is 2.50. The zero-order valence-corrected chi connectivity index (χ0v) is 9.54. The van der Waals surface area contributed by atoms with Gasteiger partial charge in [-0.1, -0.05) is 11.6 Å². The second kappa shape index (κ2) is 5.50. The van der Waals surface area contributed by atoms with Crippen LogP contribution in [0.1, 0.15) is 16.7 Å². The normalized spacial score (nSPS) is 9.62. The Labute approximate surface area is 98.6 Å². The van der Waals surface area contributed by atoms with Gasteiger partial charge in [-0.15, -0.1) is 0 Å². The summed E-state index contributed by atoms with van der Waals surface area (Å²) in [6.07, 6.45) is 0.106. The van der Waals surface area contributed by atoms with Gasteiger partial charge in [0.1, 0.15) is 6.07 Å². The van der Waals surface area contributed by atoms with Gasteiger partial charge in [0.25, 0.3) is 0 Å². The van der Waals surface area contributed by atoms with Crippen LogP contribution in [0.3, 0.4) is 0 Å². The summed E-state index contributed by atoms with van der Waals surface area (Å²) in [5.41, 5.74) is 7.32. The fourth-order valence-corrected chi connectivity index (χ4v) is 1.56. The summed E-state index contributed by atoms with van der Waals surface area (Å²) in [4.78, 5) is 11.1. The van der Waals surface area contributed by atoms with E-state index in [4.69, 9.17) is 22.6 Å². The van der Waals surface area contributed by atoms with Crippen LogP contribution in [-0.4, -0.2) is 13.1 Å². The van der Waals surface area contributed by atoms with Crippen molar-refractivity contribution < 1.29 is 9.53 Å². The number of halogens is 1. The highest BCUT2D eigenvalue weighted by Crippen LogP contribution is 2.21. The lowest BCUT2D eigenvalue weighted by Crippen LogP contribution is -2.09. The minimum absolute atomic E-state index is 0.106. The van der Waals surface area contributed by atoms with E-state index in [9.17, 15) is 4.79 Å². The summed E-state index contributed by atoms with van der Waals surface area (Å²) >= 11 is 5.87. The molecule has 1 rings (SSSR count). The molecule has 0 unspecified atom stereocenters. The Morgan fingerprint density at radius 3 is 2.75 bits per heavy atom. The van der Waals surface area contributed by atoms with E-state index in [0.717, 1.165) is 5.56 Å². The van der Waals surface area contributed by atoms with Gasteiger partial charge in [-0.2, -0.15) is 5.26 Å². The Hall–Kier alpha value is -1.57. The highest BCUT2D eigenvalue weighted by atomic mass is 35.5. The molecular weight excluding hydrogens is 228 g/mol. The Morgan fingerprint density at radius 1 is 1.56 bits per heavy atom. The minimum atomic E-state index is -0.365. The molecule has 4 nitrogen and oxygen atoms in total.